The number of rotatable bonds is 8. The first-order valence-corrected chi connectivity index (χ1v) is 12.6. The zero-order chi connectivity index (χ0) is 26.7. The molecule has 1 aliphatic rings. The van der Waals surface area contributed by atoms with Crippen LogP contribution in [0, 0.1) is 6.92 Å². The van der Waals surface area contributed by atoms with Crippen molar-refractivity contribution in [3.05, 3.63) is 64.2 Å². The molecule has 0 aliphatic heterocycles. The molecule has 2 aromatic carbocycles. The Kier molecular flexibility index (Phi) is 7.63. The van der Waals surface area contributed by atoms with Crippen LogP contribution in [-0.4, -0.2) is 40.4 Å². The van der Waals surface area contributed by atoms with E-state index in [1.54, 1.807) is 24.3 Å². The minimum Gasteiger partial charge on any atom is -0.504 e. The van der Waals surface area contributed by atoms with Crippen LogP contribution in [-0.2, 0) is 4.79 Å². The molecule has 1 saturated carbocycles. The Morgan fingerprint density at radius 1 is 1.19 bits per heavy atom. The van der Waals surface area contributed by atoms with Gasteiger partial charge in [0.25, 0.3) is 11.8 Å². The number of nitrogens with one attached hydrogen (secondary N) is 1. The van der Waals surface area contributed by atoms with E-state index in [9.17, 15) is 19.5 Å². The van der Waals surface area contributed by atoms with Gasteiger partial charge < -0.3 is 26.6 Å². The Bertz CT molecular complexity index is 1330. The molecule has 1 aromatic heterocycles. The molecule has 0 spiro atoms. The summed E-state index contributed by atoms with van der Waals surface area (Å²) in [6, 6.07) is 10.5. The molecular formula is C26H29N5O5S. The normalized spacial score (nSPS) is 14.2. The number of primary amides is 1. The number of nitrogens with two attached hydrogens (primary N) is 2. The lowest BCUT2D eigenvalue weighted by molar-refractivity contribution is -0.123. The van der Waals surface area contributed by atoms with Crippen LogP contribution in [0.3, 0.4) is 0 Å². The number of phenols is 1. The topological polar surface area (TPSA) is 161 Å². The maximum Gasteiger partial charge on any atom is 0.273 e. The van der Waals surface area contributed by atoms with E-state index in [0.29, 0.717) is 11.3 Å². The van der Waals surface area contributed by atoms with Gasteiger partial charge in [0.2, 0.25) is 5.91 Å². The van der Waals surface area contributed by atoms with E-state index in [-0.39, 0.29) is 33.8 Å². The lowest BCUT2D eigenvalue weighted by Crippen LogP contribution is -2.46. The van der Waals surface area contributed by atoms with Crippen molar-refractivity contribution in [1.82, 2.24) is 9.69 Å². The number of carbonyl (C=O) groups excluding carboxylic acids is 3. The number of nitrogens with zero attached hydrogens (tertiary/aromatic N) is 2. The van der Waals surface area contributed by atoms with Gasteiger partial charge >= 0.3 is 0 Å². The van der Waals surface area contributed by atoms with Gasteiger partial charge in [-0.25, -0.2) is 0 Å². The van der Waals surface area contributed by atoms with Gasteiger partial charge in [-0.3, -0.25) is 19.3 Å². The van der Waals surface area contributed by atoms with Crippen LogP contribution in [0.15, 0.2) is 42.5 Å². The Morgan fingerprint density at radius 3 is 2.54 bits per heavy atom. The molecule has 1 aliphatic carbocycles. The Morgan fingerprint density at radius 2 is 1.92 bits per heavy atom. The molecule has 194 valence electrons. The average Bonchev–Trinajstić information content (AvgIpc) is 3.52. The smallest absolute Gasteiger partial charge is 0.273 e. The number of aromatic hydroxyl groups is 1. The van der Waals surface area contributed by atoms with Crippen LogP contribution in [0.1, 0.15) is 63.0 Å². The molecule has 0 radical (unpaired) electrons. The molecule has 1 heterocycles. The molecule has 10 nitrogen and oxygen atoms in total. The minimum absolute atomic E-state index is 0.0142. The molecule has 0 unspecified atom stereocenters. The number of amides is 3. The first kappa shape index (κ1) is 26.0. The number of ether oxygens (including phenoxy) is 1. The summed E-state index contributed by atoms with van der Waals surface area (Å²) in [5.41, 5.74) is 12.9. The largest absolute Gasteiger partial charge is 0.504 e. The molecule has 3 amide bonds. The highest BCUT2D eigenvalue weighted by Crippen LogP contribution is 2.37. The number of carbonyl (C=O) groups is 3. The zero-order valence-corrected chi connectivity index (χ0v) is 21.4. The van der Waals surface area contributed by atoms with Crippen LogP contribution >= 0.6 is 11.5 Å². The maximum absolute atomic E-state index is 14.1. The summed E-state index contributed by atoms with van der Waals surface area (Å²) in [4.78, 5) is 41.1. The highest BCUT2D eigenvalue weighted by molar-refractivity contribution is 7.09. The molecule has 0 saturated heterocycles. The number of anilines is 2. The minimum atomic E-state index is -1.15. The van der Waals surface area contributed by atoms with Crippen molar-refractivity contribution in [3.8, 4) is 11.5 Å². The van der Waals surface area contributed by atoms with Crippen LogP contribution in [0.2, 0.25) is 0 Å². The quantitative estimate of drug-likeness (QED) is 0.352. The van der Waals surface area contributed by atoms with Gasteiger partial charge in [-0.2, -0.15) is 4.37 Å². The van der Waals surface area contributed by atoms with Gasteiger partial charge in [-0.05, 0) is 66.7 Å². The standard InChI is InChI=1S/C26H29N5O5S/c1-14-6-5-9-17(12-14)31(26(35)23-20(27)21(24(28)33)30-37-23)22(25(34)29-16-7-3-4-8-16)15-10-11-18(32)19(13-15)36-2/h5-6,9-13,16,22,32H,3-4,7-8,27H2,1-2H3,(H2,28,33)(H,29,34)/t22-/m0/s1. The number of aromatic nitrogens is 1. The second kappa shape index (κ2) is 10.9. The van der Waals surface area contributed by atoms with Crippen molar-refractivity contribution in [1.29, 1.82) is 0 Å². The number of methoxy groups -OCH3 is 1. The fraction of sp³-hybridized carbons (Fsp3) is 0.308. The van der Waals surface area contributed by atoms with E-state index >= 15 is 0 Å². The fourth-order valence-electron chi connectivity index (χ4n) is 4.53. The molecule has 37 heavy (non-hydrogen) atoms. The summed E-state index contributed by atoms with van der Waals surface area (Å²) in [7, 11) is 1.40. The first-order chi connectivity index (χ1) is 17.7. The molecule has 1 fully saturated rings. The van der Waals surface area contributed by atoms with Crippen LogP contribution in [0.5, 0.6) is 11.5 Å². The highest BCUT2D eigenvalue weighted by atomic mass is 32.1. The number of hydrogen-bond acceptors (Lipinski definition) is 8. The maximum atomic E-state index is 14.1. The summed E-state index contributed by atoms with van der Waals surface area (Å²) < 4.78 is 9.25. The lowest BCUT2D eigenvalue weighted by Gasteiger charge is -2.32. The summed E-state index contributed by atoms with van der Waals surface area (Å²) in [5.74, 6) is -1.82. The van der Waals surface area contributed by atoms with Crippen molar-refractivity contribution in [2.75, 3.05) is 17.7 Å². The van der Waals surface area contributed by atoms with Crippen molar-refractivity contribution in [3.63, 3.8) is 0 Å². The second-order valence-electron chi connectivity index (χ2n) is 8.98. The van der Waals surface area contributed by atoms with Gasteiger partial charge in [-0.15, -0.1) is 0 Å². The van der Waals surface area contributed by atoms with E-state index in [4.69, 9.17) is 16.2 Å². The number of phenolic OH excluding ortho intramolecular Hbond substituents is 1. The van der Waals surface area contributed by atoms with E-state index in [1.807, 2.05) is 13.0 Å². The third-order valence-electron chi connectivity index (χ3n) is 6.38. The Hall–Kier alpha value is -4.12. The third-order valence-corrected chi connectivity index (χ3v) is 7.23. The van der Waals surface area contributed by atoms with Gasteiger partial charge in [-0.1, -0.05) is 31.0 Å². The van der Waals surface area contributed by atoms with Crippen LogP contribution < -0.4 is 26.4 Å². The highest BCUT2D eigenvalue weighted by Gasteiger charge is 2.37. The number of hydrogen-bond donors (Lipinski definition) is 4. The van der Waals surface area contributed by atoms with Gasteiger partial charge in [0, 0.05) is 11.7 Å². The van der Waals surface area contributed by atoms with Gasteiger partial charge in [0.1, 0.15) is 10.9 Å². The second-order valence-corrected chi connectivity index (χ2v) is 9.75. The number of nitrogen functional groups attached to an aromatic ring is 1. The zero-order valence-electron chi connectivity index (χ0n) is 20.6. The molecule has 11 heteroatoms. The van der Waals surface area contributed by atoms with E-state index in [2.05, 4.69) is 9.69 Å². The monoisotopic (exact) mass is 523 g/mol. The van der Waals surface area contributed by atoms with E-state index in [1.165, 1.54) is 24.1 Å². The molecular weight excluding hydrogens is 494 g/mol. The summed E-state index contributed by atoms with van der Waals surface area (Å²) >= 11 is 0.744. The average molecular weight is 524 g/mol. The molecule has 4 rings (SSSR count). The van der Waals surface area contributed by atoms with Gasteiger partial charge in [0.15, 0.2) is 17.2 Å². The first-order valence-electron chi connectivity index (χ1n) is 11.8. The molecule has 6 N–H and O–H groups in total. The third kappa shape index (κ3) is 5.36. The van der Waals surface area contributed by atoms with E-state index in [0.717, 1.165) is 42.8 Å². The lowest BCUT2D eigenvalue weighted by atomic mass is 10.0. The summed E-state index contributed by atoms with van der Waals surface area (Å²) in [6.07, 6.45) is 3.71. The molecule has 1 atom stereocenters. The fourth-order valence-corrected chi connectivity index (χ4v) is 5.27. The molecule has 0 bridgehead atoms. The van der Waals surface area contributed by atoms with Gasteiger partial charge in [0.05, 0.1) is 12.8 Å². The van der Waals surface area contributed by atoms with Crippen molar-refractivity contribution in [2.24, 2.45) is 5.73 Å². The number of benzene rings is 2. The Balaban J connectivity index is 1.89. The van der Waals surface area contributed by atoms with Crippen molar-refractivity contribution >= 4 is 40.6 Å². The van der Waals surface area contributed by atoms with Crippen molar-refractivity contribution in [2.45, 2.75) is 44.7 Å². The predicted octanol–water partition coefficient (Wildman–Crippen LogP) is 3.29. The SMILES string of the molecule is COc1cc([C@@H](C(=O)NC2CCCC2)N(C(=O)c2snc(C(N)=O)c2N)c2cccc(C)c2)ccc1O. The summed E-state index contributed by atoms with van der Waals surface area (Å²) in [6.45, 7) is 1.87. The predicted molar refractivity (Wildman–Crippen MR) is 141 cm³/mol. The Labute approximate surface area is 218 Å². The van der Waals surface area contributed by atoms with Crippen molar-refractivity contribution < 1.29 is 24.2 Å². The summed E-state index contributed by atoms with van der Waals surface area (Å²) in [5, 5.41) is 13.3. The number of aryl methyl sites for hydroxylation is 1. The van der Waals surface area contributed by atoms with Crippen LogP contribution in [0.25, 0.3) is 0 Å². The van der Waals surface area contributed by atoms with Crippen LogP contribution in [0.4, 0.5) is 11.4 Å². The molecule has 3 aromatic rings. The van der Waals surface area contributed by atoms with E-state index < -0.39 is 23.8 Å².